The molecule has 126 valence electrons. The summed E-state index contributed by atoms with van der Waals surface area (Å²) < 4.78 is 40.8. The van der Waals surface area contributed by atoms with E-state index in [9.17, 15) is 17.6 Å². The number of benzene rings is 2. The van der Waals surface area contributed by atoms with Crippen LogP contribution in [-0.4, -0.2) is 32.3 Å². The highest BCUT2D eigenvalue weighted by Crippen LogP contribution is 2.21. The third-order valence-corrected chi connectivity index (χ3v) is 5.27. The fourth-order valence-electron chi connectivity index (χ4n) is 2.65. The molecule has 1 saturated heterocycles. The number of hydrogen-bond acceptors (Lipinski definition) is 3. The first-order chi connectivity index (χ1) is 11.5. The third kappa shape index (κ3) is 3.41. The van der Waals surface area contributed by atoms with Crippen molar-refractivity contribution in [2.75, 3.05) is 17.8 Å². The van der Waals surface area contributed by atoms with Gasteiger partial charge in [0.25, 0.3) is 15.9 Å². The average Bonchev–Trinajstić information content (AvgIpc) is 3.11. The predicted octanol–water partition coefficient (Wildman–Crippen LogP) is 2.86. The quantitative estimate of drug-likeness (QED) is 0.924. The molecule has 0 unspecified atom stereocenters. The van der Waals surface area contributed by atoms with E-state index in [1.807, 2.05) is 0 Å². The second kappa shape index (κ2) is 6.60. The highest BCUT2D eigenvalue weighted by molar-refractivity contribution is 7.92. The maximum atomic E-state index is 13.7. The molecule has 0 radical (unpaired) electrons. The molecule has 0 spiro atoms. The van der Waals surface area contributed by atoms with Crippen LogP contribution in [0.4, 0.5) is 10.1 Å². The van der Waals surface area contributed by atoms with Gasteiger partial charge in [0.2, 0.25) is 0 Å². The van der Waals surface area contributed by atoms with Gasteiger partial charge in [-0.3, -0.25) is 9.52 Å². The average molecular weight is 348 g/mol. The molecule has 2 aromatic rings. The van der Waals surface area contributed by atoms with Crippen LogP contribution in [0.25, 0.3) is 0 Å². The molecule has 1 aliphatic heterocycles. The minimum Gasteiger partial charge on any atom is -0.339 e. The van der Waals surface area contributed by atoms with E-state index in [1.54, 1.807) is 11.0 Å². The van der Waals surface area contributed by atoms with Crippen molar-refractivity contribution in [3.8, 4) is 0 Å². The van der Waals surface area contributed by atoms with Gasteiger partial charge in [0, 0.05) is 18.7 Å². The Bertz CT molecular complexity index is 862. The van der Waals surface area contributed by atoms with Gasteiger partial charge in [-0.2, -0.15) is 0 Å². The smallest absolute Gasteiger partial charge is 0.262 e. The lowest BCUT2D eigenvalue weighted by atomic mass is 10.2. The summed E-state index contributed by atoms with van der Waals surface area (Å²) in [5.74, 6) is -0.846. The van der Waals surface area contributed by atoms with Crippen LogP contribution in [0, 0.1) is 5.82 Å². The van der Waals surface area contributed by atoms with Crippen molar-refractivity contribution in [2.24, 2.45) is 0 Å². The Morgan fingerprint density at radius 1 is 1.04 bits per heavy atom. The summed E-state index contributed by atoms with van der Waals surface area (Å²) in [4.78, 5) is 14.0. The third-order valence-electron chi connectivity index (χ3n) is 3.90. The number of carbonyl (C=O) groups is 1. The SMILES string of the molecule is O=C(c1cccc(S(=O)(=O)Nc2ccccc2F)c1)N1CCCC1. The van der Waals surface area contributed by atoms with Crippen LogP contribution < -0.4 is 4.72 Å². The van der Waals surface area contributed by atoms with Crippen molar-refractivity contribution in [3.63, 3.8) is 0 Å². The summed E-state index contributed by atoms with van der Waals surface area (Å²) >= 11 is 0. The zero-order chi connectivity index (χ0) is 17.2. The Morgan fingerprint density at radius 3 is 2.46 bits per heavy atom. The van der Waals surface area contributed by atoms with Crippen molar-refractivity contribution < 1.29 is 17.6 Å². The lowest BCUT2D eigenvalue weighted by Gasteiger charge is -2.16. The maximum Gasteiger partial charge on any atom is 0.262 e. The number of nitrogens with zero attached hydrogens (tertiary/aromatic N) is 1. The second-order valence-electron chi connectivity index (χ2n) is 5.61. The summed E-state index contributed by atoms with van der Waals surface area (Å²) in [6.45, 7) is 1.37. The Balaban J connectivity index is 1.87. The molecule has 0 bridgehead atoms. The van der Waals surface area contributed by atoms with E-state index in [4.69, 9.17) is 0 Å². The van der Waals surface area contributed by atoms with Gasteiger partial charge in [-0.25, -0.2) is 12.8 Å². The number of para-hydroxylation sites is 1. The molecule has 24 heavy (non-hydrogen) atoms. The topological polar surface area (TPSA) is 66.5 Å². The van der Waals surface area contributed by atoms with E-state index < -0.39 is 15.8 Å². The first-order valence-corrected chi connectivity index (χ1v) is 9.12. The molecular formula is C17H17FN2O3S. The largest absolute Gasteiger partial charge is 0.339 e. The molecule has 0 saturated carbocycles. The minimum atomic E-state index is -3.98. The molecule has 5 nitrogen and oxygen atoms in total. The normalized spacial score (nSPS) is 14.6. The number of halogens is 1. The maximum absolute atomic E-state index is 13.7. The van der Waals surface area contributed by atoms with Gasteiger partial charge in [-0.05, 0) is 43.2 Å². The standard InChI is InChI=1S/C17H17FN2O3S/c18-15-8-1-2-9-16(15)19-24(22,23)14-7-5-6-13(12-14)17(21)20-10-3-4-11-20/h1-2,5-9,12,19H,3-4,10-11H2. The predicted molar refractivity (Wildman–Crippen MR) is 88.8 cm³/mol. The number of carbonyl (C=O) groups excluding carboxylic acids is 1. The highest BCUT2D eigenvalue weighted by atomic mass is 32.2. The summed E-state index contributed by atoms with van der Waals surface area (Å²) in [5, 5.41) is 0. The van der Waals surface area contributed by atoms with Gasteiger partial charge in [0.05, 0.1) is 10.6 Å². The first-order valence-electron chi connectivity index (χ1n) is 7.64. The van der Waals surface area contributed by atoms with Crippen LogP contribution >= 0.6 is 0 Å². The van der Waals surface area contributed by atoms with Crippen LogP contribution in [0.3, 0.4) is 0 Å². The Labute approximate surface area is 140 Å². The van der Waals surface area contributed by atoms with E-state index in [0.717, 1.165) is 12.8 Å². The van der Waals surface area contributed by atoms with Gasteiger partial charge in [0.15, 0.2) is 0 Å². The van der Waals surface area contributed by atoms with Crippen LogP contribution in [0.2, 0.25) is 0 Å². The summed E-state index contributed by atoms with van der Waals surface area (Å²) in [6, 6.07) is 11.3. The zero-order valence-electron chi connectivity index (χ0n) is 12.9. The molecule has 0 atom stereocenters. The van der Waals surface area contributed by atoms with Crippen molar-refractivity contribution in [1.29, 1.82) is 0 Å². The fraction of sp³-hybridized carbons (Fsp3) is 0.235. The van der Waals surface area contributed by atoms with E-state index in [1.165, 1.54) is 42.5 Å². The van der Waals surface area contributed by atoms with E-state index in [2.05, 4.69) is 4.72 Å². The number of amides is 1. The van der Waals surface area contributed by atoms with Gasteiger partial charge >= 0.3 is 0 Å². The molecule has 7 heteroatoms. The molecular weight excluding hydrogens is 331 g/mol. The van der Waals surface area contributed by atoms with Crippen molar-refractivity contribution >= 4 is 21.6 Å². The molecule has 1 N–H and O–H groups in total. The molecule has 0 aliphatic carbocycles. The molecule has 1 fully saturated rings. The number of rotatable bonds is 4. The number of likely N-dealkylation sites (tertiary alicyclic amines) is 1. The first kappa shape index (κ1) is 16.4. The van der Waals surface area contributed by atoms with E-state index >= 15 is 0 Å². The fourth-order valence-corrected chi connectivity index (χ4v) is 3.76. The van der Waals surface area contributed by atoms with Gasteiger partial charge < -0.3 is 4.90 Å². The summed E-state index contributed by atoms with van der Waals surface area (Å²) in [7, 11) is -3.98. The van der Waals surface area contributed by atoms with Crippen LogP contribution in [0.5, 0.6) is 0 Å². The van der Waals surface area contributed by atoms with E-state index in [-0.39, 0.29) is 16.5 Å². The van der Waals surface area contributed by atoms with Crippen molar-refractivity contribution in [3.05, 3.63) is 59.9 Å². The molecule has 3 rings (SSSR count). The minimum absolute atomic E-state index is 0.0733. The summed E-state index contributed by atoms with van der Waals surface area (Å²) in [6.07, 6.45) is 1.91. The number of sulfonamides is 1. The lowest BCUT2D eigenvalue weighted by molar-refractivity contribution is 0.0792. The Kier molecular flexibility index (Phi) is 4.53. The zero-order valence-corrected chi connectivity index (χ0v) is 13.7. The van der Waals surface area contributed by atoms with Gasteiger partial charge in [0.1, 0.15) is 5.82 Å². The lowest BCUT2D eigenvalue weighted by Crippen LogP contribution is -2.27. The molecule has 2 aromatic carbocycles. The monoisotopic (exact) mass is 348 g/mol. The van der Waals surface area contributed by atoms with Crippen molar-refractivity contribution in [2.45, 2.75) is 17.7 Å². The molecule has 1 heterocycles. The molecule has 1 amide bonds. The molecule has 0 aromatic heterocycles. The molecule has 1 aliphatic rings. The van der Waals surface area contributed by atoms with Crippen LogP contribution in [0.15, 0.2) is 53.4 Å². The van der Waals surface area contributed by atoms with Gasteiger partial charge in [-0.1, -0.05) is 18.2 Å². The number of nitrogens with one attached hydrogen (secondary N) is 1. The van der Waals surface area contributed by atoms with Gasteiger partial charge in [-0.15, -0.1) is 0 Å². The van der Waals surface area contributed by atoms with E-state index in [0.29, 0.717) is 18.7 Å². The second-order valence-corrected chi connectivity index (χ2v) is 7.29. The highest BCUT2D eigenvalue weighted by Gasteiger charge is 2.22. The number of anilines is 1. The number of hydrogen-bond donors (Lipinski definition) is 1. The van der Waals surface area contributed by atoms with Crippen LogP contribution in [0.1, 0.15) is 23.2 Å². The Hall–Kier alpha value is -2.41. The Morgan fingerprint density at radius 2 is 1.75 bits per heavy atom. The van der Waals surface area contributed by atoms with Crippen LogP contribution in [-0.2, 0) is 10.0 Å². The summed E-state index contributed by atoms with van der Waals surface area (Å²) in [5.41, 5.74) is 0.182. The van der Waals surface area contributed by atoms with Crippen molar-refractivity contribution in [1.82, 2.24) is 4.90 Å².